The first-order chi connectivity index (χ1) is 7.13. The quantitative estimate of drug-likeness (QED) is 0.834. The zero-order valence-electron chi connectivity index (χ0n) is 9.24. The molecule has 0 amide bonds. The van der Waals surface area contributed by atoms with Gasteiger partial charge in [0.15, 0.2) is 0 Å². The first-order valence-electron chi connectivity index (χ1n) is 5.26. The highest BCUT2D eigenvalue weighted by atomic mass is 32.2. The maximum absolute atomic E-state index is 12.7. The second-order valence-corrected chi connectivity index (χ2v) is 5.18. The van der Waals surface area contributed by atoms with Crippen LogP contribution in [0.1, 0.15) is 31.9 Å². The van der Waals surface area contributed by atoms with E-state index in [1.54, 1.807) is 12.1 Å². The van der Waals surface area contributed by atoms with Crippen LogP contribution in [0.5, 0.6) is 0 Å². The van der Waals surface area contributed by atoms with Gasteiger partial charge in [-0.3, -0.25) is 0 Å². The third-order valence-electron chi connectivity index (χ3n) is 2.43. The molecule has 2 N–H and O–H groups in total. The molecular formula is C12H18FNS. The molecule has 2 unspecified atom stereocenters. The van der Waals surface area contributed by atoms with E-state index >= 15 is 0 Å². The maximum atomic E-state index is 12.7. The zero-order chi connectivity index (χ0) is 11.3. The Kier molecular flexibility index (Phi) is 5.12. The highest BCUT2D eigenvalue weighted by molar-refractivity contribution is 7.99. The molecule has 0 saturated carbocycles. The van der Waals surface area contributed by atoms with Crippen molar-refractivity contribution >= 4 is 11.8 Å². The largest absolute Gasteiger partial charge is 0.323 e. The zero-order valence-corrected chi connectivity index (χ0v) is 10.1. The fourth-order valence-corrected chi connectivity index (χ4v) is 2.16. The lowest BCUT2D eigenvalue weighted by molar-refractivity contribution is 0.626. The highest BCUT2D eigenvalue weighted by Gasteiger charge is 2.08. The van der Waals surface area contributed by atoms with Gasteiger partial charge in [-0.1, -0.05) is 26.0 Å². The molecule has 1 rings (SSSR count). The lowest BCUT2D eigenvalue weighted by Gasteiger charge is -2.14. The molecule has 0 aliphatic carbocycles. The van der Waals surface area contributed by atoms with Gasteiger partial charge < -0.3 is 5.73 Å². The van der Waals surface area contributed by atoms with Crippen LogP contribution in [0.3, 0.4) is 0 Å². The van der Waals surface area contributed by atoms with Crippen LogP contribution in [0, 0.1) is 5.82 Å². The van der Waals surface area contributed by atoms with Gasteiger partial charge in [0, 0.05) is 17.0 Å². The molecular weight excluding hydrogens is 209 g/mol. The minimum Gasteiger partial charge on any atom is -0.323 e. The first kappa shape index (κ1) is 12.5. The van der Waals surface area contributed by atoms with Gasteiger partial charge in [-0.25, -0.2) is 4.39 Å². The molecule has 0 saturated heterocycles. The summed E-state index contributed by atoms with van der Waals surface area (Å²) in [7, 11) is 0. The molecule has 84 valence electrons. The molecule has 0 bridgehead atoms. The van der Waals surface area contributed by atoms with Crippen molar-refractivity contribution in [2.75, 3.05) is 5.75 Å². The van der Waals surface area contributed by atoms with Gasteiger partial charge in [0.25, 0.3) is 0 Å². The molecule has 1 aromatic rings. The van der Waals surface area contributed by atoms with Gasteiger partial charge in [-0.15, -0.1) is 0 Å². The Hall–Kier alpha value is -0.540. The van der Waals surface area contributed by atoms with Gasteiger partial charge in [-0.2, -0.15) is 11.8 Å². The Labute approximate surface area is 95.2 Å². The average Bonchev–Trinajstić information content (AvgIpc) is 2.26. The number of thioether (sulfide) groups is 1. The molecule has 0 aliphatic rings. The van der Waals surface area contributed by atoms with Crippen LogP contribution in [-0.4, -0.2) is 11.0 Å². The Morgan fingerprint density at radius 2 is 1.93 bits per heavy atom. The van der Waals surface area contributed by atoms with Crippen molar-refractivity contribution in [3.63, 3.8) is 0 Å². The maximum Gasteiger partial charge on any atom is 0.123 e. The molecule has 1 aromatic carbocycles. The summed E-state index contributed by atoms with van der Waals surface area (Å²) in [4.78, 5) is 0. The molecule has 3 heteroatoms. The highest BCUT2D eigenvalue weighted by Crippen LogP contribution is 2.21. The van der Waals surface area contributed by atoms with Crippen molar-refractivity contribution in [1.29, 1.82) is 0 Å². The van der Waals surface area contributed by atoms with E-state index in [0.717, 1.165) is 17.7 Å². The van der Waals surface area contributed by atoms with Gasteiger partial charge in [0.05, 0.1) is 0 Å². The number of rotatable bonds is 5. The predicted octanol–water partition coefficient (Wildman–Crippen LogP) is 3.36. The number of halogens is 1. The van der Waals surface area contributed by atoms with Crippen LogP contribution in [0.15, 0.2) is 24.3 Å². The van der Waals surface area contributed by atoms with E-state index in [2.05, 4.69) is 13.8 Å². The molecule has 0 aromatic heterocycles. The SMILES string of the molecule is CCC(C)SCC(N)c1ccc(F)cc1. The average molecular weight is 227 g/mol. The molecule has 0 radical (unpaired) electrons. The molecule has 1 nitrogen and oxygen atoms in total. The number of benzene rings is 1. The standard InChI is InChI=1S/C12H18FNS/c1-3-9(2)15-8-12(14)10-4-6-11(13)7-5-10/h4-7,9,12H,3,8,14H2,1-2H3. The molecule has 0 spiro atoms. The Morgan fingerprint density at radius 1 is 1.33 bits per heavy atom. The third-order valence-corrected chi connectivity index (χ3v) is 3.89. The van der Waals surface area contributed by atoms with Crippen LogP contribution in [0.2, 0.25) is 0 Å². The van der Waals surface area contributed by atoms with E-state index in [9.17, 15) is 4.39 Å². The smallest absolute Gasteiger partial charge is 0.123 e. The molecule has 0 fully saturated rings. The first-order valence-corrected chi connectivity index (χ1v) is 6.31. The molecule has 2 atom stereocenters. The molecule has 15 heavy (non-hydrogen) atoms. The van der Waals surface area contributed by atoms with Crippen molar-refractivity contribution in [1.82, 2.24) is 0 Å². The fourth-order valence-electron chi connectivity index (χ4n) is 1.19. The normalized spacial score (nSPS) is 14.9. The van der Waals surface area contributed by atoms with E-state index in [1.165, 1.54) is 12.1 Å². The van der Waals surface area contributed by atoms with Crippen molar-refractivity contribution in [2.45, 2.75) is 31.6 Å². The van der Waals surface area contributed by atoms with Crippen LogP contribution >= 0.6 is 11.8 Å². The third kappa shape index (κ3) is 4.22. The summed E-state index contributed by atoms with van der Waals surface area (Å²) in [6.45, 7) is 4.36. The van der Waals surface area contributed by atoms with E-state index in [1.807, 2.05) is 11.8 Å². The summed E-state index contributed by atoms with van der Waals surface area (Å²) in [6, 6.07) is 6.45. The van der Waals surface area contributed by atoms with Crippen molar-refractivity contribution in [2.24, 2.45) is 5.73 Å². The monoisotopic (exact) mass is 227 g/mol. The van der Waals surface area contributed by atoms with E-state index in [-0.39, 0.29) is 11.9 Å². The second-order valence-electron chi connectivity index (χ2n) is 3.71. The summed E-state index contributed by atoms with van der Waals surface area (Å²) >= 11 is 1.86. The predicted molar refractivity (Wildman–Crippen MR) is 65.5 cm³/mol. The number of nitrogens with two attached hydrogens (primary N) is 1. The number of hydrogen-bond donors (Lipinski definition) is 1. The Bertz CT molecular complexity index is 286. The lowest BCUT2D eigenvalue weighted by Crippen LogP contribution is -2.14. The van der Waals surface area contributed by atoms with Gasteiger partial charge in [-0.05, 0) is 24.1 Å². The van der Waals surface area contributed by atoms with Crippen molar-refractivity contribution < 1.29 is 4.39 Å². The van der Waals surface area contributed by atoms with Crippen molar-refractivity contribution in [3.8, 4) is 0 Å². The topological polar surface area (TPSA) is 26.0 Å². The number of hydrogen-bond acceptors (Lipinski definition) is 2. The summed E-state index contributed by atoms with van der Waals surface area (Å²) < 4.78 is 12.7. The summed E-state index contributed by atoms with van der Waals surface area (Å²) in [5.41, 5.74) is 7.01. The minimum absolute atomic E-state index is 0.00426. The van der Waals surface area contributed by atoms with Crippen LogP contribution in [-0.2, 0) is 0 Å². The summed E-state index contributed by atoms with van der Waals surface area (Å²) in [5.74, 6) is 0.682. The van der Waals surface area contributed by atoms with Crippen LogP contribution in [0.4, 0.5) is 4.39 Å². The van der Waals surface area contributed by atoms with Gasteiger partial charge in [0.1, 0.15) is 5.82 Å². The fraction of sp³-hybridized carbons (Fsp3) is 0.500. The lowest BCUT2D eigenvalue weighted by atomic mass is 10.1. The van der Waals surface area contributed by atoms with E-state index in [4.69, 9.17) is 5.73 Å². The van der Waals surface area contributed by atoms with E-state index < -0.39 is 0 Å². The summed E-state index contributed by atoms with van der Waals surface area (Å²) in [5, 5.41) is 0.636. The molecule has 0 heterocycles. The Balaban J connectivity index is 2.46. The van der Waals surface area contributed by atoms with Crippen LogP contribution < -0.4 is 5.73 Å². The Morgan fingerprint density at radius 3 is 2.47 bits per heavy atom. The van der Waals surface area contributed by atoms with Gasteiger partial charge in [0.2, 0.25) is 0 Å². The van der Waals surface area contributed by atoms with Crippen molar-refractivity contribution in [3.05, 3.63) is 35.6 Å². The van der Waals surface area contributed by atoms with Crippen LogP contribution in [0.25, 0.3) is 0 Å². The second kappa shape index (κ2) is 6.13. The minimum atomic E-state index is -0.208. The van der Waals surface area contributed by atoms with E-state index in [0.29, 0.717) is 5.25 Å². The van der Waals surface area contributed by atoms with Gasteiger partial charge >= 0.3 is 0 Å². The summed E-state index contributed by atoms with van der Waals surface area (Å²) in [6.07, 6.45) is 1.15. The molecule has 0 aliphatic heterocycles.